The molecule has 1 aromatic heterocycles. The Hall–Kier alpha value is -1.43. The summed E-state index contributed by atoms with van der Waals surface area (Å²) in [4.78, 5) is 12.2. The molecular weight excluding hydrogens is 226 g/mol. The lowest BCUT2D eigenvalue weighted by Gasteiger charge is -2.01. The second kappa shape index (κ2) is 5.60. The average Bonchev–Trinajstić information content (AvgIpc) is 2.57. The maximum Gasteiger partial charge on any atom is 0.355 e. The van der Waals surface area contributed by atoms with Crippen molar-refractivity contribution in [1.29, 1.82) is 0 Å². The van der Waals surface area contributed by atoms with Gasteiger partial charge in [0.2, 0.25) is 4.80 Å². The van der Waals surface area contributed by atoms with Gasteiger partial charge in [0.25, 0.3) is 0 Å². The van der Waals surface area contributed by atoms with Crippen LogP contribution in [0.4, 0.5) is 0 Å². The zero-order valence-corrected chi connectivity index (χ0v) is 10.7. The van der Waals surface area contributed by atoms with E-state index in [0.717, 1.165) is 5.71 Å². The third-order valence-electron chi connectivity index (χ3n) is 1.74. The SMILES string of the molecule is CCOC(=O)c1csc(=NN=C(C)C)n1C. The van der Waals surface area contributed by atoms with Gasteiger partial charge < -0.3 is 9.30 Å². The minimum atomic E-state index is -0.333. The van der Waals surface area contributed by atoms with Crippen molar-refractivity contribution in [2.75, 3.05) is 6.61 Å². The second-order valence-corrected chi connectivity index (χ2v) is 4.17. The fourth-order valence-corrected chi connectivity index (χ4v) is 1.81. The van der Waals surface area contributed by atoms with Crippen molar-refractivity contribution < 1.29 is 9.53 Å². The number of hydrogen-bond acceptors (Lipinski definition) is 5. The molecule has 0 atom stereocenters. The van der Waals surface area contributed by atoms with Gasteiger partial charge in [0.15, 0.2) is 0 Å². The lowest BCUT2D eigenvalue weighted by atomic mass is 10.5. The van der Waals surface area contributed by atoms with Gasteiger partial charge in [0, 0.05) is 18.1 Å². The third kappa shape index (κ3) is 3.03. The van der Waals surface area contributed by atoms with Gasteiger partial charge in [-0.15, -0.1) is 16.4 Å². The molecular formula is C10H15N3O2S. The quantitative estimate of drug-likeness (QED) is 0.458. The summed E-state index contributed by atoms with van der Waals surface area (Å²) < 4.78 is 6.59. The zero-order valence-electron chi connectivity index (χ0n) is 9.85. The number of esters is 1. The van der Waals surface area contributed by atoms with E-state index in [1.165, 1.54) is 11.3 Å². The van der Waals surface area contributed by atoms with Crippen LogP contribution in [-0.2, 0) is 11.8 Å². The first-order chi connectivity index (χ1) is 7.56. The van der Waals surface area contributed by atoms with Gasteiger partial charge in [-0.3, -0.25) is 0 Å². The highest BCUT2D eigenvalue weighted by Crippen LogP contribution is 2.02. The van der Waals surface area contributed by atoms with Gasteiger partial charge in [0.1, 0.15) is 5.69 Å². The third-order valence-corrected chi connectivity index (χ3v) is 2.65. The Balaban J connectivity index is 3.06. The molecule has 0 saturated heterocycles. The molecule has 5 nitrogen and oxygen atoms in total. The molecule has 0 aromatic carbocycles. The van der Waals surface area contributed by atoms with E-state index < -0.39 is 0 Å². The van der Waals surface area contributed by atoms with Crippen molar-refractivity contribution in [2.45, 2.75) is 20.8 Å². The number of ether oxygens (including phenoxy) is 1. The Kier molecular flexibility index (Phi) is 4.42. The molecule has 0 radical (unpaired) electrons. The van der Waals surface area contributed by atoms with Gasteiger partial charge in [0.05, 0.1) is 6.61 Å². The minimum Gasteiger partial charge on any atom is -0.461 e. The van der Waals surface area contributed by atoms with Crippen molar-refractivity contribution in [3.8, 4) is 0 Å². The number of rotatable bonds is 3. The first kappa shape index (κ1) is 12.6. The van der Waals surface area contributed by atoms with E-state index in [-0.39, 0.29) is 5.97 Å². The molecule has 0 amide bonds. The Morgan fingerprint density at radius 1 is 1.56 bits per heavy atom. The van der Waals surface area contributed by atoms with E-state index in [9.17, 15) is 4.79 Å². The van der Waals surface area contributed by atoms with Gasteiger partial charge in [-0.25, -0.2) is 4.79 Å². The Morgan fingerprint density at radius 2 is 2.25 bits per heavy atom. The molecule has 0 bridgehead atoms. The van der Waals surface area contributed by atoms with E-state index in [4.69, 9.17) is 4.74 Å². The Bertz CT molecular complexity index is 467. The molecule has 0 aliphatic rings. The summed E-state index contributed by atoms with van der Waals surface area (Å²) in [5, 5.41) is 9.70. The first-order valence-electron chi connectivity index (χ1n) is 4.92. The number of carbonyl (C=O) groups is 1. The lowest BCUT2D eigenvalue weighted by Crippen LogP contribution is -2.17. The van der Waals surface area contributed by atoms with Gasteiger partial charge in [-0.05, 0) is 20.8 Å². The van der Waals surface area contributed by atoms with E-state index in [2.05, 4.69) is 10.2 Å². The summed E-state index contributed by atoms with van der Waals surface area (Å²) in [6.45, 7) is 5.88. The Labute approximate surface area is 98.1 Å². The molecule has 0 aliphatic carbocycles. The average molecular weight is 241 g/mol. The van der Waals surface area contributed by atoms with E-state index in [1.807, 2.05) is 13.8 Å². The van der Waals surface area contributed by atoms with Gasteiger partial charge in [-0.2, -0.15) is 5.10 Å². The summed E-state index contributed by atoms with van der Waals surface area (Å²) in [5.41, 5.74) is 1.36. The van der Waals surface area contributed by atoms with Crippen LogP contribution in [0.15, 0.2) is 15.6 Å². The lowest BCUT2D eigenvalue weighted by molar-refractivity contribution is 0.0515. The van der Waals surface area contributed by atoms with E-state index in [1.54, 1.807) is 23.9 Å². The van der Waals surface area contributed by atoms with Gasteiger partial charge >= 0.3 is 5.97 Å². The highest BCUT2D eigenvalue weighted by atomic mass is 32.1. The van der Waals surface area contributed by atoms with Gasteiger partial charge in [-0.1, -0.05) is 0 Å². The maximum absolute atomic E-state index is 11.5. The van der Waals surface area contributed by atoms with Crippen molar-refractivity contribution in [3.05, 3.63) is 15.9 Å². The molecule has 0 spiro atoms. The van der Waals surface area contributed by atoms with Crippen LogP contribution in [0.1, 0.15) is 31.3 Å². The van der Waals surface area contributed by atoms with Crippen LogP contribution in [0.3, 0.4) is 0 Å². The molecule has 1 heterocycles. The highest BCUT2D eigenvalue weighted by molar-refractivity contribution is 7.07. The maximum atomic E-state index is 11.5. The normalized spacial score (nSPS) is 11.4. The number of nitrogens with zero attached hydrogens (tertiary/aromatic N) is 3. The number of thiazole rings is 1. The summed E-state index contributed by atoms with van der Waals surface area (Å²) in [6, 6.07) is 0. The smallest absolute Gasteiger partial charge is 0.355 e. The topological polar surface area (TPSA) is 55.9 Å². The standard InChI is InChI=1S/C10H15N3O2S/c1-5-15-9(14)8-6-16-10(13(8)4)12-11-7(2)3/h6H,5H2,1-4H3. The number of hydrogen-bond donors (Lipinski definition) is 0. The van der Waals surface area contributed by atoms with Crippen LogP contribution in [0.5, 0.6) is 0 Å². The fraction of sp³-hybridized carbons (Fsp3) is 0.500. The molecule has 1 aromatic rings. The van der Waals surface area contributed by atoms with Crippen LogP contribution in [0.25, 0.3) is 0 Å². The summed E-state index contributed by atoms with van der Waals surface area (Å²) in [6.07, 6.45) is 0. The fourth-order valence-electron chi connectivity index (χ4n) is 0.993. The molecule has 0 fully saturated rings. The summed E-state index contributed by atoms with van der Waals surface area (Å²) in [7, 11) is 1.77. The molecule has 0 unspecified atom stereocenters. The van der Waals surface area contributed by atoms with Crippen LogP contribution in [-0.4, -0.2) is 22.9 Å². The van der Waals surface area contributed by atoms with Crippen molar-refractivity contribution in [1.82, 2.24) is 4.57 Å². The van der Waals surface area contributed by atoms with Crippen LogP contribution >= 0.6 is 11.3 Å². The minimum absolute atomic E-state index is 0.333. The largest absolute Gasteiger partial charge is 0.461 e. The predicted octanol–water partition coefficient (Wildman–Crippen LogP) is 1.56. The molecule has 6 heteroatoms. The molecule has 1 rings (SSSR count). The van der Waals surface area contributed by atoms with Crippen molar-refractivity contribution in [2.24, 2.45) is 17.3 Å². The van der Waals surface area contributed by atoms with Crippen LogP contribution in [0.2, 0.25) is 0 Å². The predicted molar refractivity (Wildman–Crippen MR) is 63.6 cm³/mol. The van der Waals surface area contributed by atoms with E-state index >= 15 is 0 Å². The first-order valence-corrected chi connectivity index (χ1v) is 5.80. The van der Waals surface area contributed by atoms with Crippen LogP contribution < -0.4 is 4.80 Å². The molecule has 88 valence electrons. The monoisotopic (exact) mass is 241 g/mol. The number of carbonyl (C=O) groups excluding carboxylic acids is 1. The van der Waals surface area contributed by atoms with Crippen LogP contribution in [0, 0.1) is 0 Å². The summed E-state index contributed by atoms with van der Waals surface area (Å²) >= 11 is 1.36. The molecule has 0 N–H and O–H groups in total. The van der Waals surface area contributed by atoms with Crippen molar-refractivity contribution >= 4 is 23.0 Å². The second-order valence-electron chi connectivity index (χ2n) is 3.33. The van der Waals surface area contributed by atoms with Crippen molar-refractivity contribution in [3.63, 3.8) is 0 Å². The zero-order chi connectivity index (χ0) is 12.1. The Morgan fingerprint density at radius 3 is 2.81 bits per heavy atom. The molecule has 0 saturated carbocycles. The van der Waals surface area contributed by atoms with E-state index in [0.29, 0.717) is 17.1 Å². The highest BCUT2D eigenvalue weighted by Gasteiger charge is 2.11. The summed E-state index contributed by atoms with van der Waals surface area (Å²) in [5.74, 6) is -0.333. The molecule has 16 heavy (non-hydrogen) atoms. The molecule has 0 aliphatic heterocycles. The number of aromatic nitrogens is 1.